The summed E-state index contributed by atoms with van der Waals surface area (Å²) in [7, 11) is 1.77. The van der Waals surface area contributed by atoms with E-state index in [1.54, 1.807) is 47.6 Å². The van der Waals surface area contributed by atoms with Crippen molar-refractivity contribution in [2.24, 2.45) is 7.05 Å². The van der Waals surface area contributed by atoms with Crippen molar-refractivity contribution in [3.8, 4) is 16.9 Å². The highest BCUT2D eigenvalue weighted by molar-refractivity contribution is 6.34. The Balaban J connectivity index is 1.39. The number of nitrogen functional groups attached to an aromatic ring is 1. The van der Waals surface area contributed by atoms with Gasteiger partial charge in [0.2, 0.25) is 0 Å². The molecule has 1 atom stereocenters. The normalized spacial score (nSPS) is 11.8. The number of urea groups is 1. The zero-order valence-corrected chi connectivity index (χ0v) is 24.3. The molecule has 0 radical (unpaired) electrons. The van der Waals surface area contributed by atoms with Gasteiger partial charge in [0.05, 0.1) is 40.0 Å². The molecule has 216 valence electrons. The fraction of sp³-hybridized carbons (Fsp3) is 0.241. The number of rotatable bonds is 8. The van der Waals surface area contributed by atoms with Crippen molar-refractivity contribution in [3.63, 3.8) is 0 Å². The van der Waals surface area contributed by atoms with E-state index in [0.29, 0.717) is 64.0 Å². The van der Waals surface area contributed by atoms with Gasteiger partial charge in [-0.3, -0.25) is 10.1 Å². The fourth-order valence-electron chi connectivity index (χ4n) is 4.38. The molecule has 0 aliphatic rings. The van der Waals surface area contributed by atoms with Gasteiger partial charge in [-0.25, -0.2) is 24.1 Å². The summed E-state index contributed by atoms with van der Waals surface area (Å²) in [4.78, 5) is 34.0. The molecule has 0 saturated heterocycles. The predicted octanol–water partition coefficient (Wildman–Crippen LogP) is 5.46. The number of aromatic nitrogens is 6. The first-order valence-corrected chi connectivity index (χ1v) is 13.7. The zero-order valence-electron chi connectivity index (χ0n) is 23.6. The molecule has 0 spiro atoms. The summed E-state index contributed by atoms with van der Waals surface area (Å²) in [6.45, 7) is 5.95. The minimum absolute atomic E-state index is 0.289. The Morgan fingerprint density at radius 2 is 1.83 bits per heavy atom. The van der Waals surface area contributed by atoms with Crippen LogP contribution in [0.4, 0.5) is 22.1 Å². The SMILES string of the molecule is CCCOC(=O)C(C)c1cc(NC(=O)Nc2ccc(-c3nn(C)c4ncnc(N)c34)cc2Cl)n(-c2ccc(C)cc2)n1. The van der Waals surface area contributed by atoms with Crippen LogP contribution in [-0.2, 0) is 16.6 Å². The summed E-state index contributed by atoms with van der Waals surface area (Å²) >= 11 is 6.58. The third-order valence-corrected chi connectivity index (χ3v) is 6.95. The molecule has 2 amide bonds. The number of nitrogens with zero attached hydrogens (tertiary/aromatic N) is 6. The molecule has 0 bridgehead atoms. The number of benzene rings is 2. The molecule has 0 aliphatic heterocycles. The first kappa shape index (κ1) is 28.6. The van der Waals surface area contributed by atoms with E-state index in [2.05, 4.69) is 30.8 Å². The van der Waals surface area contributed by atoms with E-state index in [1.165, 1.54) is 6.33 Å². The largest absolute Gasteiger partial charge is 0.465 e. The molecule has 12 nitrogen and oxygen atoms in total. The molecular formula is C29H30ClN9O3. The van der Waals surface area contributed by atoms with Crippen LogP contribution in [0.3, 0.4) is 0 Å². The Morgan fingerprint density at radius 3 is 2.55 bits per heavy atom. The van der Waals surface area contributed by atoms with Crippen LogP contribution in [0.1, 0.15) is 37.4 Å². The lowest BCUT2D eigenvalue weighted by molar-refractivity contribution is -0.145. The number of ether oxygens (including phenoxy) is 1. The lowest BCUT2D eigenvalue weighted by atomic mass is 10.1. The molecule has 42 heavy (non-hydrogen) atoms. The van der Waals surface area contributed by atoms with Crippen molar-refractivity contribution in [1.82, 2.24) is 29.5 Å². The summed E-state index contributed by atoms with van der Waals surface area (Å²) in [5.74, 6) is -0.346. The summed E-state index contributed by atoms with van der Waals surface area (Å²) in [6.07, 6.45) is 2.10. The second kappa shape index (κ2) is 11.9. The number of hydrogen-bond acceptors (Lipinski definition) is 8. The van der Waals surface area contributed by atoms with Crippen molar-refractivity contribution in [2.45, 2.75) is 33.1 Å². The second-order valence-corrected chi connectivity index (χ2v) is 10.2. The van der Waals surface area contributed by atoms with Gasteiger partial charge < -0.3 is 15.8 Å². The molecule has 0 aliphatic carbocycles. The number of hydrogen-bond donors (Lipinski definition) is 3. The third kappa shape index (κ3) is 5.75. The molecule has 3 heterocycles. The van der Waals surface area contributed by atoms with Crippen molar-refractivity contribution >= 4 is 52.0 Å². The number of amides is 2. The van der Waals surface area contributed by atoms with Crippen LogP contribution in [0.25, 0.3) is 28.0 Å². The number of esters is 1. The van der Waals surface area contributed by atoms with Gasteiger partial charge in [-0.05, 0) is 44.5 Å². The molecule has 2 aromatic carbocycles. The Bertz CT molecular complexity index is 1780. The highest BCUT2D eigenvalue weighted by Gasteiger charge is 2.23. The fourth-order valence-corrected chi connectivity index (χ4v) is 4.60. The Labute approximate surface area is 246 Å². The van der Waals surface area contributed by atoms with Gasteiger partial charge in [-0.15, -0.1) is 0 Å². The lowest BCUT2D eigenvalue weighted by Crippen LogP contribution is -2.21. The van der Waals surface area contributed by atoms with Crippen LogP contribution in [0.5, 0.6) is 0 Å². The van der Waals surface area contributed by atoms with Crippen LogP contribution in [0.2, 0.25) is 5.02 Å². The number of aryl methyl sites for hydroxylation is 2. The summed E-state index contributed by atoms with van der Waals surface area (Å²) in [5, 5.41) is 15.7. The number of carbonyl (C=O) groups is 2. The third-order valence-electron chi connectivity index (χ3n) is 6.63. The van der Waals surface area contributed by atoms with Gasteiger partial charge in [-0.2, -0.15) is 10.2 Å². The molecule has 3 aromatic heterocycles. The average Bonchev–Trinajstić information content (AvgIpc) is 3.54. The minimum atomic E-state index is -0.629. The summed E-state index contributed by atoms with van der Waals surface area (Å²) in [5.41, 5.74) is 10.6. The van der Waals surface area contributed by atoms with Gasteiger partial charge in [-0.1, -0.05) is 42.3 Å². The smallest absolute Gasteiger partial charge is 0.324 e. The van der Waals surface area contributed by atoms with Crippen LogP contribution in [-0.4, -0.2) is 48.1 Å². The summed E-state index contributed by atoms with van der Waals surface area (Å²) < 4.78 is 8.49. The molecule has 5 rings (SSSR count). The van der Waals surface area contributed by atoms with Crippen LogP contribution < -0.4 is 16.4 Å². The Kier molecular flexibility index (Phi) is 8.07. The number of fused-ring (bicyclic) bond motifs is 1. The standard InChI is InChI=1S/C29H30ClN9O3/c1-5-12-42-28(40)17(3)22-14-23(39(36-22)19-9-6-16(2)7-10-19)35-29(41)34-21-11-8-18(13-20(21)30)25-24-26(31)32-15-33-27(24)38(4)37-25/h6-11,13-15,17H,5,12H2,1-4H3,(H2,31,32,33)(H2,34,35,41). The van der Waals surface area contributed by atoms with Gasteiger partial charge in [0, 0.05) is 18.7 Å². The van der Waals surface area contributed by atoms with E-state index in [4.69, 9.17) is 22.1 Å². The highest BCUT2D eigenvalue weighted by atomic mass is 35.5. The molecule has 5 aromatic rings. The van der Waals surface area contributed by atoms with E-state index >= 15 is 0 Å². The van der Waals surface area contributed by atoms with Gasteiger partial charge in [0.15, 0.2) is 5.65 Å². The van der Waals surface area contributed by atoms with Gasteiger partial charge in [0.25, 0.3) is 0 Å². The van der Waals surface area contributed by atoms with Crippen molar-refractivity contribution in [1.29, 1.82) is 0 Å². The average molecular weight is 588 g/mol. The molecule has 0 saturated carbocycles. The summed E-state index contributed by atoms with van der Waals surface area (Å²) in [6, 6.07) is 13.9. The Morgan fingerprint density at radius 1 is 1.07 bits per heavy atom. The van der Waals surface area contributed by atoms with Crippen molar-refractivity contribution in [3.05, 3.63) is 71.1 Å². The van der Waals surface area contributed by atoms with Gasteiger partial charge in [0.1, 0.15) is 23.7 Å². The van der Waals surface area contributed by atoms with E-state index in [-0.39, 0.29) is 11.0 Å². The van der Waals surface area contributed by atoms with Crippen molar-refractivity contribution < 1.29 is 14.3 Å². The second-order valence-electron chi connectivity index (χ2n) is 9.79. The van der Waals surface area contributed by atoms with E-state index < -0.39 is 11.9 Å². The maximum Gasteiger partial charge on any atom is 0.324 e. The highest BCUT2D eigenvalue weighted by Crippen LogP contribution is 2.34. The predicted molar refractivity (Wildman–Crippen MR) is 162 cm³/mol. The van der Waals surface area contributed by atoms with Gasteiger partial charge >= 0.3 is 12.0 Å². The molecule has 1 unspecified atom stereocenters. The lowest BCUT2D eigenvalue weighted by Gasteiger charge is -2.12. The topological polar surface area (TPSA) is 155 Å². The van der Waals surface area contributed by atoms with E-state index in [9.17, 15) is 9.59 Å². The van der Waals surface area contributed by atoms with Crippen LogP contribution >= 0.6 is 11.6 Å². The number of halogens is 1. The monoisotopic (exact) mass is 587 g/mol. The van der Waals surface area contributed by atoms with Crippen LogP contribution in [0, 0.1) is 6.92 Å². The molecule has 13 heteroatoms. The molecular weight excluding hydrogens is 558 g/mol. The number of anilines is 3. The Hall–Kier alpha value is -4.97. The van der Waals surface area contributed by atoms with Crippen LogP contribution in [0.15, 0.2) is 54.9 Å². The zero-order chi connectivity index (χ0) is 30.0. The molecule has 0 fully saturated rings. The number of nitrogens with two attached hydrogens (primary N) is 1. The maximum absolute atomic E-state index is 13.1. The van der Waals surface area contributed by atoms with Crippen molar-refractivity contribution in [2.75, 3.05) is 23.0 Å². The number of nitrogens with one attached hydrogen (secondary N) is 2. The van der Waals surface area contributed by atoms with E-state index in [0.717, 1.165) is 5.56 Å². The quantitative estimate of drug-likeness (QED) is 0.202. The first-order chi connectivity index (χ1) is 20.2. The first-order valence-electron chi connectivity index (χ1n) is 13.3. The minimum Gasteiger partial charge on any atom is -0.465 e. The van der Waals surface area contributed by atoms with E-state index in [1.807, 2.05) is 38.1 Å². The maximum atomic E-state index is 13.1. The molecule has 4 N–H and O–H groups in total. The number of carbonyl (C=O) groups excluding carboxylic acids is 2.